The Bertz CT molecular complexity index is 752. The molecule has 1 N–H and O–H groups in total. The number of rotatable bonds is 7. The maximum absolute atomic E-state index is 12.7. The fraction of sp³-hybridized carbons (Fsp3) is 0.550. The van der Waals surface area contributed by atoms with Gasteiger partial charge >= 0.3 is 18.0 Å². The van der Waals surface area contributed by atoms with Crippen LogP contribution in [0.15, 0.2) is 24.3 Å². The van der Waals surface area contributed by atoms with Crippen LogP contribution < -0.4 is 4.74 Å². The van der Waals surface area contributed by atoms with Gasteiger partial charge in [0.2, 0.25) is 0 Å². The maximum Gasteiger partial charge on any atom is 0.413 e. The first-order valence-corrected chi connectivity index (χ1v) is 9.79. The van der Waals surface area contributed by atoms with Crippen LogP contribution in [0.25, 0.3) is 0 Å². The van der Waals surface area contributed by atoms with Gasteiger partial charge in [-0.25, -0.2) is 9.59 Å². The van der Waals surface area contributed by atoms with Crippen LogP contribution in [0.5, 0.6) is 5.75 Å². The van der Waals surface area contributed by atoms with E-state index in [0.29, 0.717) is 10.8 Å². The molecule has 9 heteroatoms. The molecule has 0 aromatic heterocycles. The van der Waals surface area contributed by atoms with Gasteiger partial charge in [-0.1, -0.05) is 45.4 Å². The first-order valence-electron chi connectivity index (χ1n) is 9.41. The molecule has 1 heterocycles. The van der Waals surface area contributed by atoms with Gasteiger partial charge in [-0.3, -0.25) is 9.69 Å². The van der Waals surface area contributed by atoms with Gasteiger partial charge in [0.05, 0.1) is 12.5 Å². The van der Waals surface area contributed by atoms with Gasteiger partial charge in [-0.2, -0.15) is 0 Å². The lowest BCUT2D eigenvalue weighted by atomic mass is 10.2. The van der Waals surface area contributed by atoms with Crippen LogP contribution in [0.4, 0.5) is 4.79 Å². The second-order valence-corrected chi connectivity index (χ2v) is 7.96. The molecule has 0 aliphatic carbocycles. The Hall–Kier alpha value is -2.48. The highest BCUT2D eigenvalue weighted by Crippen LogP contribution is 2.26. The number of likely N-dealkylation sites (tertiary alicyclic amines) is 1. The molecule has 160 valence electrons. The fourth-order valence-electron chi connectivity index (χ4n) is 2.77. The first-order chi connectivity index (χ1) is 13.6. The summed E-state index contributed by atoms with van der Waals surface area (Å²) >= 11 is 5.94. The highest BCUT2D eigenvalue weighted by molar-refractivity contribution is 6.30. The van der Waals surface area contributed by atoms with Crippen LogP contribution in [-0.4, -0.2) is 53.0 Å². The van der Waals surface area contributed by atoms with Gasteiger partial charge in [-0.05, 0) is 18.2 Å². The van der Waals surface area contributed by atoms with Gasteiger partial charge < -0.3 is 19.3 Å². The van der Waals surface area contributed by atoms with Crippen molar-refractivity contribution in [3.63, 3.8) is 0 Å². The lowest BCUT2D eigenvalue weighted by molar-refractivity contribution is -0.181. The molecule has 0 saturated carbocycles. The summed E-state index contributed by atoms with van der Waals surface area (Å²) < 4.78 is 16.3. The Morgan fingerprint density at radius 1 is 1.17 bits per heavy atom. The molecule has 8 nitrogen and oxygen atoms in total. The summed E-state index contributed by atoms with van der Waals surface area (Å²) in [6.45, 7) is 6.82. The van der Waals surface area contributed by atoms with E-state index in [1.54, 1.807) is 52.0 Å². The molecule has 1 saturated heterocycles. The van der Waals surface area contributed by atoms with Gasteiger partial charge in [-0.15, -0.1) is 0 Å². The van der Waals surface area contributed by atoms with E-state index in [1.165, 1.54) is 0 Å². The average Bonchev–Trinajstić information content (AvgIpc) is 3.05. The van der Waals surface area contributed by atoms with Crippen molar-refractivity contribution in [3.8, 4) is 5.75 Å². The quantitative estimate of drug-likeness (QED) is 0.524. The Kier molecular flexibility index (Phi) is 7.73. The van der Waals surface area contributed by atoms with Gasteiger partial charge in [0.1, 0.15) is 17.9 Å². The Balaban J connectivity index is 2.08. The first kappa shape index (κ1) is 22.8. The molecule has 1 aromatic rings. The molecule has 0 bridgehead atoms. The highest BCUT2D eigenvalue weighted by Gasteiger charge is 2.43. The van der Waals surface area contributed by atoms with Crippen molar-refractivity contribution in [1.29, 1.82) is 0 Å². The minimum atomic E-state index is -1.17. The molecule has 1 amide bonds. The largest absolute Gasteiger partial charge is 0.488 e. The number of esters is 1. The summed E-state index contributed by atoms with van der Waals surface area (Å²) in [5.41, 5.74) is 0. The minimum Gasteiger partial charge on any atom is -0.488 e. The second kappa shape index (κ2) is 9.82. The smallest absolute Gasteiger partial charge is 0.413 e. The van der Waals surface area contributed by atoms with E-state index in [1.807, 2.05) is 0 Å². The number of carboxylic acid groups (broad SMARTS) is 1. The van der Waals surface area contributed by atoms with Crippen LogP contribution in [0.3, 0.4) is 0 Å². The normalized spacial score (nSPS) is 19.9. The number of ether oxygens (including phenoxy) is 3. The standard InChI is InChI=1S/C20H26ClNO7/c1-11(2)18(25)28-19(12(3)4)29-20(26)22-10-15(9-16(22)17(23)24)27-14-7-5-6-13(21)8-14/h5-8,11-12,15-16,19H,9-10H2,1-4H3,(H,23,24)/t15-,16-,19-/m0/s1. The number of carbonyl (C=O) groups excluding carboxylic acids is 2. The van der Waals surface area contributed by atoms with Gasteiger partial charge in [0, 0.05) is 17.4 Å². The van der Waals surface area contributed by atoms with E-state index in [0.717, 1.165) is 4.90 Å². The zero-order valence-corrected chi connectivity index (χ0v) is 17.6. The predicted octanol–water partition coefficient (Wildman–Crippen LogP) is 3.56. The monoisotopic (exact) mass is 427 g/mol. The number of amides is 1. The number of halogens is 1. The van der Waals surface area contributed by atoms with E-state index in [9.17, 15) is 19.5 Å². The van der Waals surface area contributed by atoms with Crippen molar-refractivity contribution in [2.24, 2.45) is 11.8 Å². The molecule has 0 unspecified atom stereocenters. The van der Waals surface area contributed by atoms with E-state index < -0.39 is 36.5 Å². The van der Waals surface area contributed by atoms with Crippen molar-refractivity contribution in [1.82, 2.24) is 4.90 Å². The predicted molar refractivity (Wildman–Crippen MR) is 105 cm³/mol. The van der Waals surface area contributed by atoms with Crippen molar-refractivity contribution in [2.45, 2.75) is 52.6 Å². The topological polar surface area (TPSA) is 102 Å². The Labute approximate surface area is 174 Å². The van der Waals surface area contributed by atoms with Crippen molar-refractivity contribution < 1.29 is 33.7 Å². The molecule has 0 spiro atoms. The minimum absolute atomic E-state index is 0.0191. The molecular formula is C20H26ClNO7. The number of hydrogen-bond donors (Lipinski definition) is 1. The Morgan fingerprint density at radius 2 is 1.86 bits per heavy atom. The highest BCUT2D eigenvalue weighted by atomic mass is 35.5. The molecule has 3 atom stereocenters. The summed E-state index contributed by atoms with van der Waals surface area (Å²) in [5.74, 6) is -1.88. The molecule has 1 fully saturated rings. The van der Waals surface area contributed by atoms with Crippen molar-refractivity contribution >= 4 is 29.6 Å². The molecule has 2 rings (SSSR count). The SMILES string of the molecule is CC(C)C(=O)O[C@@H](OC(=O)N1C[C@@H](Oc2cccc(Cl)c2)C[C@H]1C(=O)O)C(C)C. The van der Waals surface area contributed by atoms with Gasteiger partial charge in [0.25, 0.3) is 6.29 Å². The van der Waals surface area contributed by atoms with E-state index >= 15 is 0 Å². The van der Waals surface area contributed by atoms with Crippen LogP contribution in [0, 0.1) is 11.8 Å². The number of carbonyl (C=O) groups is 3. The lowest BCUT2D eigenvalue weighted by Gasteiger charge is -2.26. The lowest BCUT2D eigenvalue weighted by Crippen LogP contribution is -2.44. The van der Waals surface area contributed by atoms with Crippen molar-refractivity contribution in [3.05, 3.63) is 29.3 Å². The maximum atomic E-state index is 12.7. The fourth-order valence-corrected chi connectivity index (χ4v) is 2.95. The Morgan fingerprint density at radius 3 is 2.41 bits per heavy atom. The third-order valence-corrected chi connectivity index (χ3v) is 4.58. The third-order valence-electron chi connectivity index (χ3n) is 4.35. The molecule has 0 radical (unpaired) electrons. The van der Waals surface area contributed by atoms with Gasteiger partial charge in [0.15, 0.2) is 0 Å². The molecule has 29 heavy (non-hydrogen) atoms. The zero-order valence-electron chi connectivity index (χ0n) is 16.8. The van der Waals surface area contributed by atoms with E-state index in [-0.39, 0.29) is 24.8 Å². The van der Waals surface area contributed by atoms with Crippen LogP contribution in [0.1, 0.15) is 34.1 Å². The summed E-state index contributed by atoms with van der Waals surface area (Å²) in [7, 11) is 0. The van der Waals surface area contributed by atoms with Crippen LogP contribution >= 0.6 is 11.6 Å². The molecule has 1 aromatic carbocycles. The number of aliphatic carboxylic acids is 1. The van der Waals surface area contributed by atoms with Crippen molar-refractivity contribution in [2.75, 3.05) is 6.54 Å². The number of carboxylic acids is 1. The number of hydrogen-bond acceptors (Lipinski definition) is 6. The molecule has 1 aliphatic heterocycles. The van der Waals surface area contributed by atoms with E-state index in [4.69, 9.17) is 25.8 Å². The number of benzene rings is 1. The third kappa shape index (κ3) is 6.25. The van der Waals surface area contributed by atoms with E-state index in [2.05, 4.69) is 0 Å². The summed E-state index contributed by atoms with van der Waals surface area (Å²) in [5, 5.41) is 10.00. The zero-order chi connectivity index (χ0) is 21.7. The van der Waals surface area contributed by atoms with Crippen LogP contribution in [-0.2, 0) is 19.1 Å². The summed E-state index contributed by atoms with van der Waals surface area (Å²) in [4.78, 5) is 37.2. The molecular weight excluding hydrogens is 402 g/mol. The summed E-state index contributed by atoms with van der Waals surface area (Å²) in [6.07, 6.45) is -2.43. The second-order valence-electron chi connectivity index (χ2n) is 7.53. The summed E-state index contributed by atoms with van der Waals surface area (Å²) in [6, 6.07) is 5.60. The molecule has 1 aliphatic rings. The average molecular weight is 428 g/mol. The number of nitrogens with zero attached hydrogens (tertiary/aromatic N) is 1. The van der Waals surface area contributed by atoms with Crippen LogP contribution in [0.2, 0.25) is 5.02 Å².